The molecule has 6 nitrogen and oxygen atoms in total. The highest BCUT2D eigenvalue weighted by atomic mass is 16.6. The van der Waals surface area contributed by atoms with Crippen LogP contribution in [0.25, 0.3) is 0 Å². The molecule has 0 saturated heterocycles. The van der Waals surface area contributed by atoms with Gasteiger partial charge in [0.05, 0.1) is 30.2 Å². The molecule has 0 spiro atoms. The Kier molecular flexibility index (Phi) is 2.95. The van der Waals surface area contributed by atoms with Crippen molar-refractivity contribution in [3.63, 3.8) is 0 Å². The van der Waals surface area contributed by atoms with Gasteiger partial charge in [0.15, 0.2) is 0 Å². The van der Waals surface area contributed by atoms with Gasteiger partial charge in [-0.2, -0.15) is 0 Å². The van der Waals surface area contributed by atoms with Crippen LogP contribution >= 0.6 is 0 Å². The first-order chi connectivity index (χ1) is 8.11. The highest BCUT2D eigenvalue weighted by Gasteiger charge is 2.23. The van der Waals surface area contributed by atoms with E-state index in [1.165, 1.54) is 13.2 Å². The SMILES string of the molecule is COc1ccc(C2=NCC(C)N2)c([N+](=O)[O-])c1. The molecule has 0 fully saturated rings. The Morgan fingerprint density at radius 3 is 2.88 bits per heavy atom. The molecule has 2 rings (SSSR count). The summed E-state index contributed by atoms with van der Waals surface area (Å²) < 4.78 is 4.98. The lowest BCUT2D eigenvalue weighted by molar-refractivity contribution is -0.385. The van der Waals surface area contributed by atoms with Crippen LogP contribution in [0.15, 0.2) is 23.2 Å². The monoisotopic (exact) mass is 235 g/mol. The van der Waals surface area contributed by atoms with Gasteiger partial charge in [0, 0.05) is 6.04 Å². The molecule has 0 bridgehead atoms. The maximum Gasteiger partial charge on any atom is 0.284 e. The summed E-state index contributed by atoms with van der Waals surface area (Å²) in [6.07, 6.45) is 0. The first kappa shape index (κ1) is 11.4. The summed E-state index contributed by atoms with van der Waals surface area (Å²) in [5, 5.41) is 14.1. The van der Waals surface area contributed by atoms with E-state index in [0.717, 1.165) is 0 Å². The van der Waals surface area contributed by atoms with E-state index in [0.29, 0.717) is 23.7 Å². The first-order valence-corrected chi connectivity index (χ1v) is 5.25. The van der Waals surface area contributed by atoms with Crippen LogP contribution in [-0.4, -0.2) is 30.5 Å². The third-order valence-corrected chi connectivity index (χ3v) is 2.56. The summed E-state index contributed by atoms with van der Waals surface area (Å²) in [7, 11) is 1.48. The fourth-order valence-corrected chi connectivity index (χ4v) is 1.71. The molecule has 0 aliphatic carbocycles. The summed E-state index contributed by atoms with van der Waals surface area (Å²) >= 11 is 0. The van der Waals surface area contributed by atoms with E-state index in [9.17, 15) is 10.1 Å². The van der Waals surface area contributed by atoms with Crippen molar-refractivity contribution in [3.05, 3.63) is 33.9 Å². The number of methoxy groups -OCH3 is 1. The van der Waals surface area contributed by atoms with Gasteiger partial charge < -0.3 is 10.1 Å². The first-order valence-electron chi connectivity index (χ1n) is 5.25. The molecule has 1 aromatic rings. The molecule has 1 heterocycles. The molecule has 6 heteroatoms. The van der Waals surface area contributed by atoms with Crippen LogP contribution in [0.1, 0.15) is 12.5 Å². The second-order valence-electron chi connectivity index (χ2n) is 3.87. The second kappa shape index (κ2) is 4.40. The molecule has 17 heavy (non-hydrogen) atoms. The number of nitro groups is 1. The average Bonchev–Trinajstić information content (AvgIpc) is 2.75. The molecule has 1 unspecified atom stereocenters. The maximum atomic E-state index is 11.0. The van der Waals surface area contributed by atoms with Gasteiger partial charge in [-0.15, -0.1) is 0 Å². The highest BCUT2D eigenvalue weighted by Crippen LogP contribution is 2.25. The van der Waals surface area contributed by atoms with E-state index < -0.39 is 4.92 Å². The lowest BCUT2D eigenvalue weighted by Gasteiger charge is -2.07. The van der Waals surface area contributed by atoms with E-state index in [2.05, 4.69) is 10.3 Å². The molecule has 1 aliphatic rings. The van der Waals surface area contributed by atoms with Crippen LogP contribution in [0.3, 0.4) is 0 Å². The van der Waals surface area contributed by atoms with Crippen molar-refractivity contribution in [2.24, 2.45) is 4.99 Å². The summed E-state index contributed by atoms with van der Waals surface area (Å²) in [5.74, 6) is 1.04. The molecule has 0 saturated carbocycles. The lowest BCUT2D eigenvalue weighted by atomic mass is 10.1. The minimum Gasteiger partial charge on any atom is -0.497 e. The topological polar surface area (TPSA) is 76.8 Å². The quantitative estimate of drug-likeness (QED) is 0.633. The van der Waals surface area contributed by atoms with Crippen molar-refractivity contribution in [2.75, 3.05) is 13.7 Å². The Labute approximate surface area is 98.5 Å². The van der Waals surface area contributed by atoms with Crippen LogP contribution in [0.4, 0.5) is 5.69 Å². The molecular weight excluding hydrogens is 222 g/mol. The predicted octanol–water partition coefficient (Wildman–Crippen LogP) is 1.34. The third kappa shape index (κ3) is 2.20. The summed E-state index contributed by atoms with van der Waals surface area (Å²) in [6, 6.07) is 4.96. The molecule has 0 amide bonds. The summed E-state index contributed by atoms with van der Waals surface area (Å²) in [5.41, 5.74) is 0.504. The number of hydrogen-bond acceptors (Lipinski definition) is 5. The zero-order chi connectivity index (χ0) is 12.4. The molecular formula is C11H13N3O3. The standard InChI is InChI=1S/C11H13N3O3/c1-7-6-12-11(13-7)9-4-3-8(17-2)5-10(9)14(15)16/h3-5,7H,6H2,1-2H3,(H,12,13). The maximum absolute atomic E-state index is 11.0. The Morgan fingerprint density at radius 2 is 2.35 bits per heavy atom. The molecule has 1 aliphatic heterocycles. The van der Waals surface area contributed by atoms with E-state index in [4.69, 9.17) is 4.74 Å². The van der Waals surface area contributed by atoms with Gasteiger partial charge >= 0.3 is 0 Å². The third-order valence-electron chi connectivity index (χ3n) is 2.56. The number of ether oxygens (including phenoxy) is 1. The Morgan fingerprint density at radius 1 is 1.59 bits per heavy atom. The van der Waals surface area contributed by atoms with Crippen molar-refractivity contribution < 1.29 is 9.66 Å². The second-order valence-corrected chi connectivity index (χ2v) is 3.87. The van der Waals surface area contributed by atoms with Gasteiger partial charge in [-0.05, 0) is 19.1 Å². The van der Waals surface area contributed by atoms with Crippen LogP contribution in [0.5, 0.6) is 5.75 Å². The Bertz CT molecular complexity index is 485. The molecule has 1 aromatic carbocycles. The van der Waals surface area contributed by atoms with Gasteiger partial charge in [-0.1, -0.05) is 0 Å². The number of nitro benzene ring substituents is 1. The Balaban J connectivity index is 2.43. The minimum absolute atomic E-state index is 0.00435. The van der Waals surface area contributed by atoms with Gasteiger partial charge in [0.25, 0.3) is 5.69 Å². The molecule has 0 radical (unpaired) electrons. The molecule has 1 N–H and O–H groups in total. The number of aliphatic imine (C=N–C) groups is 1. The van der Waals surface area contributed by atoms with Gasteiger partial charge in [0.1, 0.15) is 11.6 Å². The van der Waals surface area contributed by atoms with Crippen LogP contribution in [0, 0.1) is 10.1 Å². The van der Waals surface area contributed by atoms with Gasteiger partial charge in [-0.25, -0.2) is 0 Å². The van der Waals surface area contributed by atoms with Gasteiger partial charge in [-0.3, -0.25) is 15.1 Å². The average molecular weight is 235 g/mol. The van der Waals surface area contributed by atoms with Crippen molar-refractivity contribution in [1.29, 1.82) is 0 Å². The van der Waals surface area contributed by atoms with Crippen molar-refractivity contribution in [2.45, 2.75) is 13.0 Å². The zero-order valence-corrected chi connectivity index (χ0v) is 9.64. The number of hydrogen-bond donors (Lipinski definition) is 1. The van der Waals surface area contributed by atoms with E-state index >= 15 is 0 Å². The Hall–Kier alpha value is -2.11. The van der Waals surface area contributed by atoms with Crippen molar-refractivity contribution in [3.8, 4) is 5.75 Å². The van der Waals surface area contributed by atoms with Crippen LogP contribution in [0.2, 0.25) is 0 Å². The van der Waals surface area contributed by atoms with E-state index in [1.54, 1.807) is 12.1 Å². The number of amidine groups is 1. The predicted molar refractivity (Wildman–Crippen MR) is 63.7 cm³/mol. The number of rotatable bonds is 3. The molecule has 1 atom stereocenters. The smallest absolute Gasteiger partial charge is 0.284 e. The highest BCUT2D eigenvalue weighted by molar-refractivity contribution is 6.03. The fraction of sp³-hybridized carbons (Fsp3) is 0.364. The molecule has 0 aromatic heterocycles. The number of nitrogens with one attached hydrogen (secondary N) is 1. The van der Waals surface area contributed by atoms with Crippen molar-refractivity contribution in [1.82, 2.24) is 5.32 Å². The largest absolute Gasteiger partial charge is 0.497 e. The lowest BCUT2D eigenvalue weighted by Crippen LogP contribution is -2.28. The molecule has 90 valence electrons. The van der Waals surface area contributed by atoms with Crippen LogP contribution < -0.4 is 10.1 Å². The zero-order valence-electron chi connectivity index (χ0n) is 9.64. The van der Waals surface area contributed by atoms with E-state index in [-0.39, 0.29) is 11.7 Å². The number of benzene rings is 1. The summed E-state index contributed by atoms with van der Waals surface area (Å²) in [6.45, 7) is 2.62. The normalized spacial score (nSPS) is 18.5. The van der Waals surface area contributed by atoms with Crippen LogP contribution in [-0.2, 0) is 0 Å². The van der Waals surface area contributed by atoms with Gasteiger partial charge in [0.2, 0.25) is 0 Å². The summed E-state index contributed by atoms with van der Waals surface area (Å²) in [4.78, 5) is 14.8. The minimum atomic E-state index is -0.426. The fourth-order valence-electron chi connectivity index (χ4n) is 1.71. The number of nitrogens with zero attached hydrogens (tertiary/aromatic N) is 2. The van der Waals surface area contributed by atoms with E-state index in [1.807, 2.05) is 6.92 Å². The van der Waals surface area contributed by atoms with Crippen molar-refractivity contribution >= 4 is 11.5 Å².